The van der Waals surface area contributed by atoms with Crippen molar-refractivity contribution in [2.45, 2.75) is 45.4 Å². The zero-order valence-electron chi connectivity index (χ0n) is 13.7. The molecule has 1 amide bonds. The quantitative estimate of drug-likeness (QED) is 0.416. The molecule has 0 aromatic rings. The molecule has 1 atom stereocenters. The van der Waals surface area contributed by atoms with Crippen molar-refractivity contribution < 1.29 is 14.7 Å². The summed E-state index contributed by atoms with van der Waals surface area (Å²) >= 11 is 0. The molecule has 0 saturated heterocycles. The highest BCUT2D eigenvalue weighted by atomic mass is 16.4. The van der Waals surface area contributed by atoms with E-state index in [-0.39, 0.29) is 12.3 Å². The smallest absolute Gasteiger partial charge is 0.304 e. The third-order valence-corrected chi connectivity index (χ3v) is 3.34. The van der Waals surface area contributed by atoms with Crippen LogP contribution in [0.15, 0.2) is 37.5 Å². The van der Waals surface area contributed by atoms with Gasteiger partial charge in [0.2, 0.25) is 5.91 Å². The van der Waals surface area contributed by atoms with E-state index >= 15 is 0 Å². The number of amides is 1. The Balaban J connectivity index is 4.65. The summed E-state index contributed by atoms with van der Waals surface area (Å²) < 4.78 is 0. The zero-order chi connectivity index (χ0) is 16.8. The molecule has 0 spiro atoms. The molecule has 0 bridgehead atoms. The minimum Gasteiger partial charge on any atom is -0.481 e. The summed E-state index contributed by atoms with van der Waals surface area (Å²) in [4.78, 5) is 25.0. The summed E-state index contributed by atoms with van der Waals surface area (Å²) in [5.41, 5.74) is 0. The van der Waals surface area contributed by atoms with Crippen molar-refractivity contribution in [3.05, 3.63) is 37.5 Å². The molecular formula is C18H29NO3. The number of unbranched alkanes of at least 4 members (excludes halogenated alkanes) is 3. The van der Waals surface area contributed by atoms with Crippen LogP contribution in [-0.2, 0) is 9.59 Å². The van der Waals surface area contributed by atoms with Crippen molar-refractivity contribution in [3.63, 3.8) is 0 Å². The molecular weight excluding hydrogens is 278 g/mol. The van der Waals surface area contributed by atoms with Crippen LogP contribution in [0.1, 0.15) is 45.4 Å². The molecule has 124 valence electrons. The summed E-state index contributed by atoms with van der Waals surface area (Å²) in [6.45, 7) is 10.2. The van der Waals surface area contributed by atoms with E-state index < -0.39 is 11.9 Å². The van der Waals surface area contributed by atoms with E-state index in [9.17, 15) is 9.59 Å². The normalized spacial score (nSPS) is 12.0. The van der Waals surface area contributed by atoms with Gasteiger partial charge in [-0.15, -0.1) is 13.2 Å². The minimum absolute atomic E-state index is 0.150. The van der Waals surface area contributed by atoms with Crippen LogP contribution in [0.4, 0.5) is 0 Å². The van der Waals surface area contributed by atoms with Crippen LogP contribution in [-0.4, -0.2) is 35.0 Å². The Morgan fingerprint density at radius 3 is 2.27 bits per heavy atom. The van der Waals surface area contributed by atoms with Crippen LogP contribution >= 0.6 is 0 Å². The lowest BCUT2D eigenvalue weighted by Gasteiger charge is -2.24. The Kier molecular flexibility index (Phi) is 11.8. The van der Waals surface area contributed by atoms with E-state index in [2.05, 4.69) is 20.1 Å². The van der Waals surface area contributed by atoms with Gasteiger partial charge in [-0.05, 0) is 19.3 Å². The first kappa shape index (κ1) is 20.2. The van der Waals surface area contributed by atoms with Crippen LogP contribution in [0.25, 0.3) is 0 Å². The van der Waals surface area contributed by atoms with Gasteiger partial charge in [0.1, 0.15) is 0 Å². The lowest BCUT2D eigenvalue weighted by molar-refractivity contribution is -0.144. The molecule has 0 radical (unpaired) electrons. The first-order valence-corrected chi connectivity index (χ1v) is 7.94. The van der Waals surface area contributed by atoms with E-state index in [4.69, 9.17) is 5.11 Å². The Morgan fingerprint density at radius 2 is 1.77 bits per heavy atom. The third kappa shape index (κ3) is 9.16. The standard InChI is InChI=1S/C18H29NO3/c1-4-7-8-9-10-11-12-16(15-17(20)21)18(22)19(13-5-2)14-6-3/h5-6,10-11,16H,2-4,7-9,12-15H2,1H3,(H,20,21)/b11-10+. The Bertz CT molecular complexity index is 378. The number of allylic oxidation sites excluding steroid dienone is 2. The molecule has 0 aliphatic rings. The van der Waals surface area contributed by atoms with E-state index in [1.165, 1.54) is 12.8 Å². The van der Waals surface area contributed by atoms with Gasteiger partial charge in [-0.2, -0.15) is 0 Å². The fourth-order valence-electron chi connectivity index (χ4n) is 2.20. The fourth-order valence-corrected chi connectivity index (χ4v) is 2.20. The predicted molar refractivity (Wildman–Crippen MR) is 90.6 cm³/mol. The van der Waals surface area contributed by atoms with Crippen molar-refractivity contribution in [3.8, 4) is 0 Å². The number of hydrogen-bond donors (Lipinski definition) is 1. The number of hydrogen-bond acceptors (Lipinski definition) is 2. The van der Waals surface area contributed by atoms with Crippen LogP contribution in [0.2, 0.25) is 0 Å². The Morgan fingerprint density at radius 1 is 1.14 bits per heavy atom. The minimum atomic E-state index is -0.949. The number of carboxylic acids is 1. The highest BCUT2D eigenvalue weighted by Gasteiger charge is 2.24. The first-order chi connectivity index (χ1) is 10.6. The summed E-state index contributed by atoms with van der Waals surface area (Å²) in [6.07, 6.45) is 12.0. The van der Waals surface area contributed by atoms with Gasteiger partial charge in [0.25, 0.3) is 0 Å². The topological polar surface area (TPSA) is 57.6 Å². The average molecular weight is 307 g/mol. The van der Waals surface area contributed by atoms with Crippen molar-refractivity contribution in [2.24, 2.45) is 5.92 Å². The van der Waals surface area contributed by atoms with Gasteiger partial charge in [-0.3, -0.25) is 9.59 Å². The van der Waals surface area contributed by atoms with Gasteiger partial charge in [0.15, 0.2) is 0 Å². The summed E-state index contributed by atoms with van der Waals surface area (Å²) in [5, 5.41) is 9.01. The molecule has 0 aliphatic heterocycles. The van der Waals surface area contributed by atoms with E-state index in [0.717, 1.165) is 12.8 Å². The third-order valence-electron chi connectivity index (χ3n) is 3.34. The second-order valence-electron chi connectivity index (χ2n) is 5.32. The SMILES string of the molecule is C=CCN(CC=C)C(=O)C(C/C=C/CCCCC)CC(=O)O. The monoisotopic (exact) mass is 307 g/mol. The molecule has 1 unspecified atom stereocenters. The Hall–Kier alpha value is -1.84. The maximum absolute atomic E-state index is 12.5. The fraction of sp³-hybridized carbons (Fsp3) is 0.556. The van der Waals surface area contributed by atoms with Crippen LogP contribution in [0, 0.1) is 5.92 Å². The predicted octanol–water partition coefficient (Wildman–Crippen LogP) is 3.80. The molecule has 22 heavy (non-hydrogen) atoms. The molecule has 0 heterocycles. The molecule has 0 fully saturated rings. The molecule has 0 aromatic carbocycles. The highest BCUT2D eigenvalue weighted by molar-refractivity contribution is 5.83. The first-order valence-electron chi connectivity index (χ1n) is 7.94. The van der Waals surface area contributed by atoms with E-state index in [0.29, 0.717) is 19.5 Å². The van der Waals surface area contributed by atoms with Gasteiger partial charge in [-0.25, -0.2) is 0 Å². The maximum atomic E-state index is 12.5. The number of aliphatic carboxylic acids is 1. The second kappa shape index (κ2) is 12.9. The molecule has 4 nitrogen and oxygen atoms in total. The van der Waals surface area contributed by atoms with Gasteiger partial charge in [-0.1, -0.05) is 44.1 Å². The highest BCUT2D eigenvalue weighted by Crippen LogP contribution is 2.15. The van der Waals surface area contributed by atoms with E-state index in [1.807, 2.05) is 12.2 Å². The lowest BCUT2D eigenvalue weighted by atomic mass is 9.98. The lowest BCUT2D eigenvalue weighted by Crippen LogP contribution is -2.37. The molecule has 0 aliphatic carbocycles. The number of carbonyl (C=O) groups excluding carboxylic acids is 1. The number of rotatable bonds is 13. The number of carbonyl (C=O) groups is 2. The van der Waals surface area contributed by atoms with Crippen LogP contribution in [0.3, 0.4) is 0 Å². The van der Waals surface area contributed by atoms with Gasteiger partial charge >= 0.3 is 5.97 Å². The summed E-state index contributed by atoms with van der Waals surface area (Å²) in [5.74, 6) is -1.63. The Labute approximate surface area is 134 Å². The van der Waals surface area contributed by atoms with Crippen molar-refractivity contribution in [1.29, 1.82) is 0 Å². The van der Waals surface area contributed by atoms with Crippen LogP contribution < -0.4 is 0 Å². The molecule has 0 rings (SSSR count). The molecule has 0 aromatic heterocycles. The van der Waals surface area contributed by atoms with Crippen molar-refractivity contribution in [1.82, 2.24) is 4.90 Å². The maximum Gasteiger partial charge on any atom is 0.304 e. The van der Waals surface area contributed by atoms with Gasteiger partial charge < -0.3 is 10.0 Å². The van der Waals surface area contributed by atoms with E-state index in [1.54, 1.807) is 17.1 Å². The number of nitrogens with zero attached hydrogens (tertiary/aromatic N) is 1. The average Bonchev–Trinajstić information content (AvgIpc) is 2.48. The molecule has 1 N–H and O–H groups in total. The van der Waals surface area contributed by atoms with Crippen molar-refractivity contribution in [2.75, 3.05) is 13.1 Å². The summed E-state index contributed by atoms with van der Waals surface area (Å²) in [7, 11) is 0. The number of carboxylic acid groups (broad SMARTS) is 1. The second-order valence-corrected chi connectivity index (χ2v) is 5.32. The largest absolute Gasteiger partial charge is 0.481 e. The molecule has 0 saturated carbocycles. The van der Waals surface area contributed by atoms with Crippen molar-refractivity contribution >= 4 is 11.9 Å². The zero-order valence-corrected chi connectivity index (χ0v) is 13.7. The van der Waals surface area contributed by atoms with Gasteiger partial charge in [0.05, 0.1) is 12.3 Å². The van der Waals surface area contributed by atoms with Gasteiger partial charge in [0, 0.05) is 13.1 Å². The molecule has 4 heteroatoms. The summed E-state index contributed by atoms with van der Waals surface area (Å²) in [6, 6.07) is 0. The van der Waals surface area contributed by atoms with Crippen LogP contribution in [0.5, 0.6) is 0 Å².